The number of nitrogens with one attached hydrogen (secondary N) is 1. The van der Waals surface area contributed by atoms with Gasteiger partial charge in [0, 0.05) is 41.3 Å². The van der Waals surface area contributed by atoms with Gasteiger partial charge in [0.15, 0.2) is 11.9 Å². The van der Waals surface area contributed by atoms with Crippen molar-refractivity contribution in [1.82, 2.24) is 10.2 Å². The van der Waals surface area contributed by atoms with Crippen LogP contribution < -0.4 is 5.32 Å². The number of carbonyl (C=O) groups is 3. The molecule has 74 heavy (non-hydrogen) atoms. The summed E-state index contributed by atoms with van der Waals surface area (Å²) in [6, 6.07) is 2.38. The molecular weight excluding hydrogens is 937 g/mol. The van der Waals surface area contributed by atoms with Crippen molar-refractivity contribution in [1.29, 1.82) is 0 Å². The van der Waals surface area contributed by atoms with Crippen molar-refractivity contribution < 1.29 is 53.1 Å². The number of allylic oxidation sites excluding steroid dienone is 3. The first-order valence-electron chi connectivity index (χ1n) is 29.5. The number of ether oxygens (including phenoxy) is 4. The predicted molar refractivity (Wildman–Crippen MR) is 267 cm³/mol. The lowest BCUT2D eigenvalue weighted by atomic mass is 9.32. The highest BCUT2D eigenvalue weighted by Crippen LogP contribution is 2.89. The summed E-state index contributed by atoms with van der Waals surface area (Å²) in [7, 11) is 0. The first-order valence-corrected chi connectivity index (χ1v) is 29.5. The fourth-order valence-corrected chi connectivity index (χ4v) is 23.9. The number of aliphatic hydroxyl groups excluding tert-OH is 3. The van der Waals surface area contributed by atoms with Crippen LogP contribution in [0.3, 0.4) is 0 Å². The molecule has 0 amide bonds. The number of epoxide rings is 1. The Morgan fingerprint density at radius 2 is 1.78 bits per heavy atom. The molecule has 15 aliphatic rings. The zero-order valence-electron chi connectivity index (χ0n) is 43.8. The molecule has 4 N–H and O–H groups in total. The molecule has 0 radical (unpaired) electrons. The van der Waals surface area contributed by atoms with Gasteiger partial charge in [0.25, 0.3) is 0 Å². The van der Waals surface area contributed by atoms with Crippen LogP contribution in [0.15, 0.2) is 52.8 Å². The normalized spacial score (nSPS) is 56.0. The smallest absolute Gasteiger partial charge is 0.339 e. The Morgan fingerprint density at radius 1 is 0.932 bits per heavy atom. The average molecular weight is 1020 g/mol. The summed E-state index contributed by atoms with van der Waals surface area (Å²) in [6.07, 6.45) is 22.5. The van der Waals surface area contributed by atoms with E-state index in [-0.39, 0.29) is 60.5 Å². The number of rotatable bonds is 7. The van der Waals surface area contributed by atoms with E-state index in [2.05, 4.69) is 68.4 Å². The van der Waals surface area contributed by atoms with Gasteiger partial charge in [-0.05, 0) is 159 Å². The van der Waals surface area contributed by atoms with E-state index in [9.17, 15) is 20.1 Å². The van der Waals surface area contributed by atoms with Crippen LogP contribution in [0.2, 0.25) is 0 Å². The average Bonchev–Trinajstić information content (AvgIpc) is 2.78. The van der Waals surface area contributed by atoms with Crippen LogP contribution in [-0.4, -0.2) is 106 Å². The number of cyclic esters (lactones) is 2. The van der Waals surface area contributed by atoms with Gasteiger partial charge in [0.2, 0.25) is 0 Å². The number of hydrogen-bond donors (Lipinski definition) is 4. The van der Waals surface area contributed by atoms with Crippen molar-refractivity contribution in [2.75, 3.05) is 26.4 Å². The van der Waals surface area contributed by atoms with Crippen molar-refractivity contribution in [3.63, 3.8) is 0 Å². The molecule has 13 nitrogen and oxygen atoms in total. The lowest BCUT2D eigenvalue weighted by molar-refractivity contribution is -0.281. The van der Waals surface area contributed by atoms with Gasteiger partial charge in [0.05, 0.1) is 48.5 Å². The lowest BCUT2D eigenvalue weighted by Crippen LogP contribution is -2.80. The zero-order valence-corrected chi connectivity index (χ0v) is 43.8. The molecule has 12 fully saturated rings. The molecule has 7 aliphatic heterocycles. The molecule has 26 atom stereocenters. The summed E-state index contributed by atoms with van der Waals surface area (Å²) in [5, 5.41) is 39.6. The highest BCUT2D eigenvalue weighted by Gasteiger charge is 2.97. The van der Waals surface area contributed by atoms with Gasteiger partial charge in [-0.3, -0.25) is 14.9 Å². The third-order valence-corrected chi connectivity index (χ3v) is 26.3. The Hall–Kier alpha value is -3.33. The minimum atomic E-state index is -1.50. The molecule has 4 spiro atoms. The maximum absolute atomic E-state index is 16.5. The Morgan fingerprint density at radius 3 is 2.64 bits per heavy atom. The Labute approximate surface area is 435 Å². The number of ketones is 1. The number of fused-ring (bicyclic) bond motifs is 6. The van der Waals surface area contributed by atoms with Crippen LogP contribution in [0.25, 0.3) is 0 Å². The topological polar surface area (TPSA) is 181 Å². The number of hydrogen-bond acceptors (Lipinski definition) is 13. The number of Topliss-reactive ketones (excluding diaryl/α,β-unsaturated/α-hetero) is 1. The monoisotopic (exact) mass is 1010 g/mol. The first-order chi connectivity index (χ1) is 35.6. The minimum absolute atomic E-state index is 0.0313. The number of esters is 2. The molecular formula is C61H78N2O11. The van der Waals surface area contributed by atoms with E-state index >= 15 is 9.59 Å². The maximum Gasteiger partial charge on any atom is 0.339 e. The third kappa shape index (κ3) is 5.13. The summed E-state index contributed by atoms with van der Waals surface area (Å²) < 4.78 is 35.3. The summed E-state index contributed by atoms with van der Waals surface area (Å²) in [4.78, 5) is 49.1. The molecule has 7 saturated carbocycles. The molecule has 13 heteroatoms. The summed E-state index contributed by atoms with van der Waals surface area (Å²) in [5.41, 5.74) is -5.28. The highest BCUT2D eigenvalue weighted by atomic mass is 16.7. The van der Waals surface area contributed by atoms with E-state index in [0.717, 1.165) is 64.6 Å². The fraction of sp³-hybridized carbons (Fsp3) is 0.787. The number of furan rings is 1. The van der Waals surface area contributed by atoms with Crippen LogP contribution in [-0.2, 0) is 39.8 Å². The van der Waals surface area contributed by atoms with Gasteiger partial charge in [-0.15, -0.1) is 0 Å². The molecule has 398 valence electrons. The second-order valence-electron chi connectivity index (χ2n) is 28.3. The molecule has 5 saturated heterocycles. The lowest BCUT2D eigenvalue weighted by Gasteiger charge is -2.70. The minimum Gasteiger partial charge on any atom is -0.469 e. The second kappa shape index (κ2) is 15.1. The van der Waals surface area contributed by atoms with Gasteiger partial charge in [0.1, 0.15) is 35.8 Å². The van der Waals surface area contributed by atoms with Crippen LogP contribution in [0.1, 0.15) is 129 Å². The molecule has 0 aromatic carbocycles. The molecule has 5 bridgehead atoms. The van der Waals surface area contributed by atoms with Crippen molar-refractivity contribution in [3.8, 4) is 0 Å². The van der Waals surface area contributed by atoms with Crippen LogP contribution >= 0.6 is 0 Å². The van der Waals surface area contributed by atoms with Crippen molar-refractivity contribution >= 4 is 17.7 Å². The van der Waals surface area contributed by atoms with Crippen molar-refractivity contribution in [2.24, 2.45) is 105 Å². The molecule has 8 heterocycles. The van der Waals surface area contributed by atoms with E-state index in [1.54, 1.807) is 6.26 Å². The van der Waals surface area contributed by atoms with Gasteiger partial charge in [-0.1, -0.05) is 64.3 Å². The zero-order chi connectivity index (χ0) is 50.4. The van der Waals surface area contributed by atoms with Gasteiger partial charge in [-0.2, -0.15) is 0 Å². The summed E-state index contributed by atoms with van der Waals surface area (Å²) in [5.74, 6) is 0.192. The molecule has 8 aliphatic carbocycles. The van der Waals surface area contributed by atoms with E-state index in [0.29, 0.717) is 59.8 Å². The van der Waals surface area contributed by atoms with Crippen molar-refractivity contribution in [3.05, 3.63) is 59.7 Å². The SMILES string of the molecule is C[C@H]1[C@@H]([C@@H]2C=C3C[C@H]4CCC[C@]45C[C@@H]4C[C@@]6(C)[C@H](c7ccoc7C[C@@H]([C@H]7CC[C@H]8[C@H](C=CN9CNC[C@H]89)C7)[C@H](O)CO)OC(=O)[C@H]7O[C@]76[C@]6(C)[C@H](O)C(=O)[C@@H]7[C@@]2(C)O[C@]32[C@H]5C(=O)OC[C@@]72[C@@H]46)C=C[C@@H]2CCCC[C@H]12. The van der Waals surface area contributed by atoms with E-state index < -0.39 is 86.6 Å². The van der Waals surface area contributed by atoms with Gasteiger partial charge in [-0.25, -0.2) is 4.79 Å². The highest BCUT2D eigenvalue weighted by molar-refractivity contribution is 5.94. The third-order valence-electron chi connectivity index (χ3n) is 26.3. The maximum atomic E-state index is 16.5. The summed E-state index contributed by atoms with van der Waals surface area (Å²) in [6.45, 7) is 10.3. The van der Waals surface area contributed by atoms with Gasteiger partial charge >= 0.3 is 11.9 Å². The first kappa shape index (κ1) is 46.7. The Balaban J connectivity index is 0.827. The number of aliphatic hydroxyl groups is 3. The predicted octanol–water partition coefficient (Wildman–Crippen LogP) is 6.99. The standard InChI is InChI=1S/C61H78N2O11/c1-30-37-10-6-5-8-31(37)11-13-38(30)42-22-36-21-35-9-7-17-58(35)25-34-24-55(2)51(40-16-19-70-45(40)23-41(44(65)27-64)32-12-14-39-33(20-32)15-18-63-29-62-26-43(39)63)72-54(69)52-61(55,73-52)56(3)47(34)59-28-71-53(68)49(58)60(36,59)74-57(42,4)48(59)46(66)50(56)67/h11,13,15-16,18-19,22,30-35,37-39,41-44,47-52,62,64-65,67H,5-10,12,14,17,20-21,23-29H2,1-4H3/t30-,31+,32+,33-,34+,35-,37-,38+,39+,41+,42+,43-,44-,47+,48-,49+,50-,51+,52-,55+,56+,57+,58+,59-,60+,61-/m1/s1. The Kier molecular flexibility index (Phi) is 9.52. The van der Waals surface area contributed by atoms with E-state index in [1.807, 2.05) is 6.07 Å². The number of nitrogens with zero attached hydrogens (tertiary/aromatic N) is 1. The fourth-order valence-electron chi connectivity index (χ4n) is 23.9. The van der Waals surface area contributed by atoms with Gasteiger partial charge < -0.3 is 43.6 Å². The Bertz CT molecular complexity index is 2720. The van der Waals surface area contributed by atoms with E-state index in [4.69, 9.17) is 23.4 Å². The largest absolute Gasteiger partial charge is 0.469 e. The van der Waals surface area contributed by atoms with Crippen LogP contribution in [0.4, 0.5) is 0 Å². The quantitative estimate of drug-likeness (QED) is 0.125. The molecule has 0 unspecified atom stereocenters. The summed E-state index contributed by atoms with van der Waals surface area (Å²) >= 11 is 0. The number of carbonyl (C=O) groups excluding carboxylic acids is 3. The van der Waals surface area contributed by atoms with Crippen LogP contribution in [0.5, 0.6) is 0 Å². The molecule has 1 aromatic heterocycles. The second-order valence-corrected chi connectivity index (χ2v) is 28.3. The van der Waals surface area contributed by atoms with Crippen molar-refractivity contribution in [2.45, 2.75) is 165 Å². The molecule has 16 rings (SSSR count). The molecule has 1 aromatic rings. The van der Waals surface area contributed by atoms with Crippen LogP contribution in [0, 0.1) is 105 Å². The van der Waals surface area contributed by atoms with E-state index in [1.165, 1.54) is 31.3 Å².